The predicted molar refractivity (Wildman–Crippen MR) is 103 cm³/mol. The van der Waals surface area contributed by atoms with E-state index in [2.05, 4.69) is 15.3 Å². The fraction of sp³-hybridized carbons (Fsp3) is 0.421. The molecule has 8 nitrogen and oxygen atoms in total. The largest absolute Gasteiger partial charge is 0.508 e. The molecular formula is C19H26N4O4. The quantitative estimate of drug-likeness (QED) is 0.448. The van der Waals surface area contributed by atoms with Crippen LogP contribution >= 0.6 is 0 Å². The number of nitrogens with two attached hydrogens (primary N) is 1. The fourth-order valence-corrected chi connectivity index (χ4v) is 2.93. The summed E-state index contributed by atoms with van der Waals surface area (Å²) in [5.41, 5.74) is 8.36. The number of carboxylic acid groups (broad SMARTS) is 1. The van der Waals surface area contributed by atoms with Crippen LogP contribution in [0.15, 0.2) is 18.2 Å². The molecule has 146 valence electrons. The summed E-state index contributed by atoms with van der Waals surface area (Å²) in [4.78, 5) is 19.3. The van der Waals surface area contributed by atoms with E-state index in [0.717, 1.165) is 18.4 Å². The van der Waals surface area contributed by atoms with Crippen molar-refractivity contribution in [3.05, 3.63) is 40.6 Å². The molecule has 27 heavy (non-hydrogen) atoms. The van der Waals surface area contributed by atoms with Crippen LogP contribution in [0.5, 0.6) is 5.75 Å². The predicted octanol–water partition coefficient (Wildman–Crippen LogP) is 1.86. The van der Waals surface area contributed by atoms with E-state index in [0.29, 0.717) is 29.1 Å². The molecule has 0 bridgehead atoms. The molecule has 6 N–H and O–H groups in total. The molecule has 0 aliphatic carbocycles. The van der Waals surface area contributed by atoms with Gasteiger partial charge in [-0.3, -0.25) is 4.79 Å². The second-order valence-electron chi connectivity index (χ2n) is 6.52. The van der Waals surface area contributed by atoms with Crippen molar-refractivity contribution in [1.29, 1.82) is 0 Å². The molecule has 0 aliphatic heterocycles. The highest BCUT2D eigenvalue weighted by Gasteiger charge is 2.17. The molecule has 2 rings (SSSR count). The Morgan fingerprint density at radius 2 is 2.07 bits per heavy atom. The van der Waals surface area contributed by atoms with Crippen molar-refractivity contribution in [1.82, 2.24) is 9.97 Å². The first-order valence-corrected chi connectivity index (χ1v) is 8.87. The number of aromatic hydroxyl groups is 1. The summed E-state index contributed by atoms with van der Waals surface area (Å²) in [7, 11) is 0. The van der Waals surface area contributed by atoms with Gasteiger partial charge in [0, 0.05) is 17.7 Å². The average molecular weight is 374 g/mol. The molecule has 0 radical (unpaired) electrons. The number of carbonyl (C=O) groups is 1. The van der Waals surface area contributed by atoms with Crippen LogP contribution in [0.3, 0.4) is 0 Å². The first-order valence-electron chi connectivity index (χ1n) is 8.87. The molecular weight excluding hydrogens is 348 g/mol. The Kier molecular flexibility index (Phi) is 6.95. The van der Waals surface area contributed by atoms with Gasteiger partial charge in [0.05, 0.1) is 19.1 Å². The number of benzene rings is 1. The Morgan fingerprint density at radius 1 is 1.33 bits per heavy atom. The molecule has 8 heteroatoms. The van der Waals surface area contributed by atoms with Gasteiger partial charge in [0.2, 0.25) is 5.95 Å². The topological polar surface area (TPSA) is 142 Å². The fourth-order valence-electron chi connectivity index (χ4n) is 2.93. The van der Waals surface area contributed by atoms with E-state index in [-0.39, 0.29) is 30.8 Å². The summed E-state index contributed by atoms with van der Waals surface area (Å²) in [5, 5.41) is 31.9. The number of rotatable bonds is 9. The number of hydrogen-bond donors (Lipinski definition) is 5. The van der Waals surface area contributed by atoms with Crippen LogP contribution in [0.2, 0.25) is 0 Å². The van der Waals surface area contributed by atoms with E-state index < -0.39 is 5.97 Å². The molecule has 1 heterocycles. The van der Waals surface area contributed by atoms with E-state index in [1.54, 1.807) is 12.1 Å². The second-order valence-corrected chi connectivity index (χ2v) is 6.52. The van der Waals surface area contributed by atoms with Gasteiger partial charge in [0.25, 0.3) is 0 Å². The molecule has 0 aliphatic rings. The van der Waals surface area contributed by atoms with Crippen molar-refractivity contribution in [2.45, 2.75) is 45.6 Å². The Morgan fingerprint density at radius 3 is 2.67 bits per heavy atom. The van der Waals surface area contributed by atoms with Crippen LogP contribution in [0, 0.1) is 6.92 Å². The number of aliphatic hydroxyl groups excluding tert-OH is 1. The molecule has 0 fully saturated rings. The monoisotopic (exact) mass is 374 g/mol. The van der Waals surface area contributed by atoms with Gasteiger partial charge in [-0.25, -0.2) is 4.98 Å². The van der Waals surface area contributed by atoms with Gasteiger partial charge in [-0.2, -0.15) is 4.98 Å². The minimum absolute atomic E-state index is 0.0168. The summed E-state index contributed by atoms with van der Waals surface area (Å²) in [6.45, 7) is 3.80. The molecule has 1 atom stereocenters. The van der Waals surface area contributed by atoms with Gasteiger partial charge in [-0.1, -0.05) is 25.5 Å². The third-order valence-electron chi connectivity index (χ3n) is 4.30. The van der Waals surface area contributed by atoms with Gasteiger partial charge in [-0.05, 0) is 30.5 Å². The van der Waals surface area contributed by atoms with Crippen molar-refractivity contribution in [3.8, 4) is 5.75 Å². The second kappa shape index (κ2) is 9.18. The maximum atomic E-state index is 10.8. The lowest BCUT2D eigenvalue weighted by Gasteiger charge is -2.20. The third kappa shape index (κ3) is 5.55. The lowest BCUT2D eigenvalue weighted by molar-refractivity contribution is -0.136. The van der Waals surface area contributed by atoms with Gasteiger partial charge >= 0.3 is 5.97 Å². The normalized spacial score (nSPS) is 12.0. The SMILES string of the molecule is CCCC(CO)Nc1nc(N)nc(C)c1Cc1ccc(CC(=O)O)cc1O. The minimum atomic E-state index is -0.956. The number of nitrogens with zero attached hydrogens (tertiary/aromatic N) is 2. The van der Waals surface area contributed by atoms with Gasteiger partial charge in [-0.15, -0.1) is 0 Å². The highest BCUT2D eigenvalue weighted by Crippen LogP contribution is 2.27. The summed E-state index contributed by atoms with van der Waals surface area (Å²) in [6.07, 6.45) is 1.87. The Labute approximate surface area is 158 Å². The number of nitrogens with one attached hydrogen (secondary N) is 1. The minimum Gasteiger partial charge on any atom is -0.508 e. The molecule has 2 aromatic rings. The zero-order valence-electron chi connectivity index (χ0n) is 15.6. The van der Waals surface area contributed by atoms with E-state index in [1.807, 2.05) is 13.8 Å². The average Bonchev–Trinajstić information content (AvgIpc) is 2.58. The van der Waals surface area contributed by atoms with E-state index >= 15 is 0 Å². The highest BCUT2D eigenvalue weighted by molar-refractivity contribution is 5.70. The van der Waals surface area contributed by atoms with Crippen molar-refractivity contribution in [2.24, 2.45) is 0 Å². The van der Waals surface area contributed by atoms with E-state index in [1.165, 1.54) is 6.07 Å². The zero-order chi connectivity index (χ0) is 20.0. The maximum absolute atomic E-state index is 10.8. The molecule has 0 spiro atoms. The van der Waals surface area contributed by atoms with E-state index in [4.69, 9.17) is 10.8 Å². The van der Waals surface area contributed by atoms with Gasteiger partial charge in [0.15, 0.2) is 0 Å². The van der Waals surface area contributed by atoms with Crippen LogP contribution < -0.4 is 11.1 Å². The summed E-state index contributed by atoms with van der Waals surface area (Å²) < 4.78 is 0. The third-order valence-corrected chi connectivity index (χ3v) is 4.30. The number of aromatic nitrogens is 2. The smallest absolute Gasteiger partial charge is 0.307 e. The molecule has 0 saturated heterocycles. The Hall–Kier alpha value is -2.87. The van der Waals surface area contributed by atoms with Gasteiger partial charge < -0.3 is 26.4 Å². The summed E-state index contributed by atoms with van der Waals surface area (Å²) >= 11 is 0. The van der Waals surface area contributed by atoms with E-state index in [9.17, 15) is 15.0 Å². The van der Waals surface area contributed by atoms with Crippen LogP contribution in [0.1, 0.15) is 42.1 Å². The van der Waals surface area contributed by atoms with Crippen LogP contribution in [0.4, 0.5) is 11.8 Å². The van der Waals surface area contributed by atoms with Gasteiger partial charge in [0.1, 0.15) is 11.6 Å². The molecule has 1 aromatic heterocycles. The first-order chi connectivity index (χ1) is 12.8. The summed E-state index contributed by atoms with van der Waals surface area (Å²) in [5.74, 6) is -0.278. The van der Waals surface area contributed by atoms with Crippen molar-refractivity contribution in [2.75, 3.05) is 17.7 Å². The number of phenols is 1. The van der Waals surface area contributed by atoms with Crippen molar-refractivity contribution < 1.29 is 20.1 Å². The Balaban J connectivity index is 2.33. The Bertz CT molecular complexity index is 811. The highest BCUT2D eigenvalue weighted by atomic mass is 16.4. The number of phenolic OH excluding ortho intramolecular Hbond substituents is 1. The number of aliphatic carboxylic acids is 1. The number of nitrogen functional groups attached to an aromatic ring is 1. The lowest BCUT2D eigenvalue weighted by Crippen LogP contribution is -2.25. The van der Waals surface area contributed by atoms with Crippen molar-refractivity contribution in [3.63, 3.8) is 0 Å². The standard InChI is InChI=1S/C19H26N4O4/c1-3-4-14(10-24)22-18-15(11(2)21-19(20)23-18)9-13-6-5-12(7-16(13)25)8-17(26)27/h5-7,14,24-25H,3-4,8-10H2,1-2H3,(H,26,27)(H3,20,21,22,23). The molecule has 0 amide bonds. The molecule has 1 unspecified atom stereocenters. The summed E-state index contributed by atoms with van der Waals surface area (Å²) in [6, 6.07) is 4.67. The number of hydrogen-bond acceptors (Lipinski definition) is 7. The first kappa shape index (κ1) is 20.4. The number of aryl methyl sites for hydroxylation is 1. The maximum Gasteiger partial charge on any atom is 0.307 e. The molecule has 0 saturated carbocycles. The molecule has 1 aromatic carbocycles. The number of carboxylic acids is 1. The number of anilines is 2. The lowest BCUT2D eigenvalue weighted by atomic mass is 10.00. The van der Waals surface area contributed by atoms with Crippen LogP contribution in [-0.2, 0) is 17.6 Å². The van der Waals surface area contributed by atoms with Crippen LogP contribution in [0.25, 0.3) is 0 Å². The zero-order valence-corrected chi connectivity index (χ0v) is 15.6. The van der Waals surface area contributed by atoms with Crippen molar-refractivity contribution >= 4 is 17.7 Å². The van der Waals surface area contributed by atoms with Crippen LogP contribution in [-0.4, -0.2) is 43.9 Å². The number of aliphatic hydroxyl groups is 1.